The lowest BCUT2D eigenvalue weighted by Crippen LogP contribution is -2.36. The number of pyridine rings is 1. The summed E-state index contributed by atoms with van der Waals surface area (Å²) in [7, 11) is 0. The van der Waals surface area contributed by atoms with Crippen molar-refractivity contribution >= 4 is 23.1 Å². The van der Waals surface area contributed by atoms with Crippen LogP contribution in [0.2, 0.25) is 0 Å². The normalized spacial score (nSPS) is 10.7. The third kappa shape index (κ3) is 3.37. The number of hydrogen-bond acceptors (Lipinski definition) is 5. The second kappa shape index (κ2) is 6.64. The van der Waals surface area contributed by atoms with Crippen LogP contribution < -0.4 is 11.3 Å². The van der Waals surface area contributed by atoms with E-state index in [1.165, 1.54) is 12.3 Å². The van der Waals surface area contributed by atoms with Gasteiger partial charge in [0.25, 0.3) is 5.91 Å². The van der Waals surface area contributed by atoms with Gasteiger partial charge in [-0.25, -0.2) is 15.2 Å². The molecule has 7 heteroatoms. The van der Waals surface area contributed by atoms with E-state index >= 15 is 0 Å². The van der Waals surface area contributed by atoms with E-state index in [1.54, 1.807) is 16.2 Å². The van der Waals surface area contributed by atoms with Crippen molar-refractivity contribution in [2.45, 2.75) is 26.4 Å². The number of aromatic nitrogens is 1. The Bertz CT molecular complexity index is 615. The fraction of sp³-hybridized carbons (Fsp3) is 0.286. The molecule has 1 amide bonds. The summed E-state index contributed by atoms with van der Waals surface area (Å²) in [4.78, 5) is 19.0. The highest BCUT2D eigenvalue weighted by Gasteiger charge is 2.24. The molecule has 2 rings (SSSR count). The van der Waals surface area contributed by atoms with Gasteiger partial charge < -0.3 is 10.3 Å². The molecule has 0 unspecified atom stereocenters. The topological polar surface area (TPSA) is 71.2 Å². The molecule has 0 aliphatic carbocycles. The molecule has 2 heterocycles. The molecule has 0 aliphatic rings. The number of carbonyl (C=O) groups is 1. The van der Waals surface area contributed by atoms with Gasteiger partial charge in [0.05, 0.1) is 12.1 Å². The Balaban J connectivity index is 2.30. The summed E-state index contributed by atoms with van der Waals surface area (Å²) < 4.78 is 14.2. The Morgan fingerprint density at radius 3 is 2.86 bits per heavy atom. The van der Waals surface area contributed by atoms with Gasteiger partial charge >= 0.3 is 0 Å². The van der Waals surface area contributed by atoms with Crippen molar-refractivity contribution in [3.05, 3.63) is 46.0 Å². The van der Waals surface area contributed by atoms with Gasteiger partial charge in [-0.2, -0.15) is 0 Å². The molecule has 0 fully saturated rings. The predicted octanol–water partition coefficient (Wildman–Crippen LogP) is 2.62. The number of hydrogen-bond donors (Lipinski definition) is 2. The monoisotopic (exact) mass is 308 g/mol. The Labute approximate surface area is 126 Å². The van der Waals surface area contributed by atoms with Gasteiger partial charge in [-0.15, -0.1) is 11.3 Å². The molecule has 0 spiro atoms. The predicted molar refractivity (Wildman–Crippen MR) is 81.3 cm³/mol. The van der Waals surface area contributed by atoms with Gasteiger partial charge in [0.1, 0.15) is 0 Å². The zero-order valence-corrected chi connectivity index (χ0v) is 12.7. The largest absolute Gasteiger partial charge is 0.331 e. The van der Waals surface area contributed by atoms with Crippen molar-refractivity contribution in [3.63, 3.8) is 0 Å². The van der Waals surface area contributed by atoms with Gasteiger partial charge in [0.2, 0.25) is 0 Å². The third-order valence-corrected chi connectivity index (χ3v) is 3.91. The van der Waals surface area contributed by atoms with Crippen molar-refractivity contribution in [1.29, 1.82) is 0 Å². The number of nitrogens with two attached hydrogens (primary N) is 1. The van der Waals surface area contributed by atoms with Crippen molar-refractivity contribution in [1.82, 2.24) is 9.88 Å². The third-order valence-electron chi connectivity index (χ3n) is 3.05. The molecule has 21 heavy (non-hydrogen) atoms. The smallest absolute Gasteiger partial charge is 0.257 e. The fourth-order valence-electron chi connectivity index (χ4n) is 1.92. The Morgan fingerprint density at radius 2 is 2.29 bits per heavy atom. The van der Waals surface area contributed by atoms with Gasteiger partial charge in [-0.1, -0.05) is 6.07 Å². The van der Waals surface area contributed by atoms with Crippen LogP contribution in [0.5, 0.6) is 0 Å². The Hall–Kier alpha value is -1.99. The molecule has 0 bridgehead atoms. The van der Waals surface area contributed by atoms with Crippen LogP contribution in [-0.2, 0) is 6.54 Å². The molecule has 2 aromatic heterocycles. The van der Waals surface area contributed by atoms with E-state index in [-0.39, 0.29) is 23.3 Å². The van der Waals surface area contributed by atoms with Crippen LogP contribution in [0.15, 0.2) is 29.8 Å². The average Bonchev–Trinajstić information content (AvgIpc) is 2.97. The molecular weight excluding hydrogens is 291 g/mol. The molecule has 0 saturated heterocycles. The molecule has 2 aromatic rings. The molecule has 0 radical (unpaired) electrons. The number of amides is 1. The number of hydrazine groups is 1. The number of rotatable bonds is 5. The minimum Gasteiger partial charge on any atom is -0.331 e. The molecule has 112 valence electrons. The molecule has 0 atom stereocenters. The summed E-state index contributed by atoms with van der Waals surface area (Å²) in [5.74, 6) is 3.94. The lowest BCUT2D eigenvalue weighted by molar-refractivity contribution is 0.0687. The number of nitrogen functional groups attached to an aromatic ring is 1. The number of nitrogens with one attached hydrogen (secondary N) is 1. The molecule has 3 N–H and O–H groups in total. The first-order chi connectivity index (χ1) is 10.0. The van der Waals surface area contributed by atoms with Gasteiger partial charge in [0.15, 0.2) is 11.6 Å². The zero-order chi connectivity index (χ0) is 15.4. The van der Waals surface area contributed by atoms with Gasteiger partial charge in [0, 0.05) is 17.1 Å². The summed E-state index contributed by atoms with van der Waals surface area (Å²) in [6, 6.07) is 5.18. The van der Waals surface area contributed by atoms with Crippen molar-refractivity contribution in [2.75, 3.05) is 5.43 Å². The zero-order valence-electron chi connectivity index (χ0n) is 11.8. The summed E-state index contributed by atoms with van der Waals surface area (Å²) in [6.07, 6.45) is 1.36. The van der Waals surface area contributed by atoms with Gasteiger partial charge in [-0.05, 0) is 31.4 Å². The quantitative estimate of drug-likeness (QED) is 0.658. The van der Waals surface area contributed by atoms with Crippen LogP contribution in [0, 0.1) is 5.82 Å². The highest BCUT2D eigenvalue weighted by Crippen LogP contribution is 2.20. The van der Waals surface area contributed by atoms with Crippen LogP contribution >= 0.6 is 11.3 Å². The standard InChI is InChI=1S/C14H17FN4OS/c1-9(2)19(8-10-4-3-7-21-10)14(20)11-5-6-17-13(18-16)12(11)15/h3-7,9H,8,16H2,1-2H3,(H,17,18). The van der Waals surface area contributed by atoms with Crippen LogP contribution in [0.25, 0.3) is 0 Å². The molecule has 0 aromatic carbocycles. The summed E-state index contributed by atoms with van der Waals surface area (Å²) >= 11 is 1.56. The van der Waals surface area contributed by atoms with Crippen LogP contribution in [0.3, 0.4) is 0 Å². The van der Waals surface area contributed by atoms with Crippen molar-refractivity contribution < 1.29 is 9.18 Å². The van der Waals surface area contributed by atoms with E-state index in [9.17, 15) is 9.18 Å². The second-order valence-corrected chi connectivity index (χ2v) is 5.80. The lowest BCUT2D eigenvalue weighted by atomic mass is 10.2. The van der Waals surface area contributed by atoms with Crippen molar-refractivity contribution in [2.24, 2.45) is 5.84 Å². The fourth-order valence-corrected chi connectivity index (χ4v) is 2.63. The number of thiophene rings is 1. The first kappa shape index (κ1) is 15.4. The highest BCUT2D eigenvalue weighted by molar-refractivity contribution is 7.09. The Morgan fingerprint density at radius 1 is 1.52 bits per heavy atom. The van der Waals surface area contributed by atoms with Crippen LogP contribution in [-0.4, -0.2) is 21.8 Å². The number of anilines is 1. The van der Waals surface area contributed by atoms with Crippen LogP contribution in [0.1, 0.15) is 29.1 Å². The van der Waals surface area contributed by atoms with Crippen LogP contribution in [0.4, 0.5) is 10.2 Å². The minimum absolute atomic E-state index is 0.0387. The maximum Gasteiger partial charge on any atom is 0.257 e. The summed E-state index contributed by atoms with van der Waals surface area (Å²) in [6.45, 7) is 4.24. The maximum absolute atomic E-state index is 14.2. The maximum atomic E-state index is 14.2. The van der Waals surface area contributed by atoms with Gasteiger partial charge in [-0.3, -0.25) is 4.79 Å². The van der Waals surface area contributed by atoms with E-state index in [4.69, 9.17) is 5.84 Å². The number of carbonyl (C=O) groups excluding carboxylic acids is 1. The number of nitrogens with zero attached hydrogens (tertiary/aromatic N) is 2. The van der Waals surface area contributed by atoms with Crippen molar-refractivity contribution in [3.8, 4) is 0 Å². The number of halogens is 1. The second-order valence-electron chi connectivity index (χ2n) is 4.77. The minimum atomic E-state index is -0.734. The molecule has 0 aliphatic heterocycles. The van der Waals surface area contributed by atoms with E-state index < -0.39 is 5.82 Å². The first-order valence-electron chi connectivity index (χ1n) is 6.49. The summed E-state index contributed by atoms with van der Waals surface area (Å²) in [5, 5.41) is 1.95. The van der Waals surface area contributed by atoms with E-state index in [1.807, 2.05) is 31.4 Å². The molecular formula is C14H17FN4OS. The van der Waals surface area contributed by atoms with E-state index in [0.29, 0.717) is 6.54 Å². The SMILES string of the molecule is CC(C)N(Cc1cccs1)C(=O)c1ccnc(NN)c1F. The van der Waals surface area contributed by atoms with E-state index in [2.05, 4.69) is 10.4 Å². The Kier molecular flexibility index (Phi) is 4.87. The highest BCUT2D eigenvalue weighted by atomic mass is 32.1. The first-order valence-corrected chi connectivity index (χ1v) is 7.37. The summed E-state index contributed by atoms with van der Waals surface area (Å²) in [5.41, 5.74) is 2.11. The molecule has 0 saturated carbocycles. The van der Waals surface area contributed by atoms with E-state index in [0.717, 1.165) is 4.88 Å². The average molecular weight is 308 g/mol. The lowest BCUT2D eigenvalue weighted by Gasteiger charge is -2.26. The molecule has 5 nitrogen and oxygen atoms in total.